The lowest BCUT2D eigenvalue weighted by Crippen LogP contribution is -2.08. The van der Waals surface area contributed by atoms with E-state index in [0.29, 0.717) is 0 Å². The number of hydrogen-bond acceptors (Lipinski definition) is 3. The summed E-state index contributed by atoms with van der Waals surface area (Å²) < 4.78 is 2.34. The molecular formula is C37H27IN4. The molecule has 42 heavy (non-hydrogen) atoms. The molecule has 0 saturated heterocycles. The van der Waals surface area contributed by atoms with Gasteiger partial charge in [-0.3, -0.25) is 9.55 Å². The van der Waals surface area contributed by atoms with Crippen LogP contribution in [-0.2, 0) is 0 Å². The van der Waals surface area contributed by atoms with Crippen molar-refractivity contribution in [1.29, 1.82) is 0 Å². The summed E-state index contributed by atoms with van der Waals surface area (Å²) in [6, 6.07) is 42.7. The normalized spacial score (nSPS) is 12.1. The van der Waals surface area contributed by atoms with Crippen molar-refractivity contribution in [1.82, 2.24) is 14.5 Å². The minimum absolute atomic E-state index is 0. The molecule has 0 saturated carbocycles. The summed E-state index contributed by atoms with van der Waals surface area (Å²) in [5.41, 5.74) is 9.49. The number of nitrogens with zero attached hydrogens (tertiary/aromatic N) is 3. The SMILES string of the molecule is C1=Cc2c(n(-c3cccc(-c4cc(-c5ccc6ccccc6c5)nc(-c5ccccn5)c4)c3)c3ccccc23)NC1.I. The van der Waals surface area contributed by atoms with E-state index in [1.807, 2.05) is 24.4 Å². The van der Waals surface area contributed by atoms with Crippen molar-refractivity contribution in [2.75, 3.05) is 11.9 Å². The third-order valence-electron chi connectivity index (χ3n) is 7.82. The smallest absolute Gasteiger partial charge is 0.119 e. The Morgan fingerprint density at radius 1 is 0.619 bits per heavy atom. The third-order valence-corrected chi connectivity index (χ3v) is 7.82. The van der Waals surface area contributed by atoms with E-state index in [0.717, 1.165) is 51.8 Å². The quantitative estimate of drug-likeness (QED) is 0.192. The molecule has 0 aliphatic carbocycles. The summed E-state index contributed by atoms with van der Waals surface area (Å²) in [5, 5.41) is 7.28. The van der Waals surface area contributed by atoms with E-state index < -0.39 is 0 Å². The van der Waals surface area contributed by atoms with E-state index in [4.69, 9.17) is 4.98 Å². The second-order valence-corrected chi connectivity index (χ2v) is 10.4. The summed E-state index contributed by atoms with van der Waals surface area (Å²) in [7, 11) is 0. The fourth-order valence-corrected chi connectivity index (χ4v) is 5.87. The standard InChI is InChI=1S/C37H26N4.HI/c1-2-10-26-21-28(18-17-25(26)9-1)34-23-29(24-35(40-34)33-15-5-6-19-38-33)27-11-7-12-30(22-27)41-36-16-4-3-13-31(36)32-14-8-20-39-37(32)41;/h1-19,21-24,39H,20H2;1H. The fourth-order valence-electron chi connectivity index (χ4n) is 5.87. The van der Waals surface area contributed by atoms with Crippen LogP contribution in [0.15, 0.2) is 134 Å². The highest BCUT2D eigenvalue weighted by molar-refractivity contribution is 14.0. The Balaban J connectivity index is 0.00000288. The number of nitrogens with one attached hydrogen (secondary N) is 1. The van der Waals surface area contributed by atoms with Crippen LogP contribution in [0.5, 0.6) is 0 Å². The van der Waals surface area contributed by atoms with E-state index in [1.54, 1.807) is 0 Å². The number of hydrogen-bond donors (Lipinski definition) is 1. The van der Waals surface area contributed by atoms with E-state index >= 15 is 0 Å². The molecule has 0 bridgehead atoms. The molecule has 0 unspecified atom stereocenters. The number of rotatable bonds is 4. The lowest BCUT2D eigenvalue weighted by atomic mass is 9.99. The van der Waals surface area contributed by atoms with Crippen molar-refractivity contribution >= 4 is 57.5 Å². The number of anilines is 1. The van der Waals surface area contributed by atoms with Crippen LogP contribution in [0.2, 0.25) is 0 Å². The van der Waals surface area contributed by atoms with Gasteiger partial charge in [0.05, 0.1) is 22.6 Å². The molecule has 0 atom stereocenters. The minimum atomic E-state index is 0. The second-order valence-electron chi connectivity index (χ2n) is 10.4. The Bertz CT molecular complexity index is 2110. The highest BCUT2D eigenvalue weighted by Gasteiger charge is 2.19. The van der Waals surface area contributed by atoms with Gasteiger partial charge in [0.15, 0.2) is 0 Å². The first kappa shape index (κ1) is 26.2. The molecule has 1 N–H and O–H groups in total. The van der Waals surface area contributed by atoms with Crippen LogP contribution >= 0.6 is 24.0 Å². The molecule has 3 aromatic heterocycles. The maximum atomic E-state index is 5.09. The van der Waals surface area contributed by atoms with E-state index in [-0.39, 0.29) is 24.0 Å². The van der Waals surface area contributed by atoms with Gasteiger partial charge in [0.25, 0.3) is 0 Å². The Morgan fingerprint density at radius 3 is 2.36 bits per heavy atom. The van der Waals surface area contributed by atoms with Gasteiger partial charge >= 0.3 is 0 Å². The van der Waals surface area contributed by atoms with Crippen molar-refractivity contribution in [3.8, 4) is 39.5 Å². The lowest BCUT2D eigenvalue weighted by molar-refractivity contribution is 1.09. The molecule has 5 heteroatoms. The van der Waals surface area contributed by atoms with Gasteiger partial charge in [0.1, 0.15) is 5.82 Å². The summed E-state index contributed by atoms with van der Waals surface area (Å²) in [6.45, 7) is 0.815. The Kier molecular flexibility index (Phi) is 6.80. The maximum absolute atomic E-state index is 5.09. The molecule has 8 rings (SSSR count). The van der Waals surface area contributed by atoms with Crippen molar-refractivity contribution in [2.45, 2.75) is 0 Å². The van der Waals surface area contributed by atoms with Crippen molar-refractivity contribution in [2.24, 2.45) is 0 Å². The number of pyridine rings is 2. The molecule has 202 valence electrons. The van der Waals surface area contributed by atoms with Crippen LogP contribution in [0, 0.1) is 0 Å². The molecular weight excluding hydrogens is 627 g/mol. The first-order chi connectivity index (χ1) is 20.3. The molecule has 0 amide bonds. The molecule has 4 heterocycles. The zero-order chi connectivity index (χ0) is 27.2. The molecule has 0 fully saturated rings. The first-order valence-electron chi connectivity index (χ1n) is 13.9. The zero-order valence-electron chi connectivity index (χ0n) is 22.7. The van der Waals surface area contributed by atoms with Gasteiger partial charge in [-0.2, -0.15) is 0 Å². The zero-order valence-corrected chi connectivity index (χ0v) is 25.1. The van der Waals surface area contributed by atoms with Crippen molar-refractivity contribution in [3.05, 3.63) is 139 Å². The van der Waals surface area contributed by atoms with Gasteiger partial charge < -0.3 is 5.32 Å². The largest absolute Gasteiger partial charge is 0.367 e. The Morgan fingerprint density at radius 2 is 1.45 bits per heavy atom. The van der Waals surface area contributed by atoms with Crippen LogP contribution in [-0.4, -0.2) is 21.1 Å². The summed E-state index contributed by atoms with van der Waals surface area (Å²) >= 11 is 0. The van der Waals surface area contributed by atoms with Gasteiger partial charge in [0.2, 0.25) is 0 Å². The van der Waals surface area contributed by atoms with Gasteiger partial charge in [0, 0.05) is 34.9 Å². The van der Waals surface area contributed by atoms with Crippen LogP contribution in [0.25, 0.3) is 67.2 Å². The number of fused-ring (bicyclic) bond motifs is 4. The molecule has 1 aliphatic rings. The molecule has 0 spiro atoms. The number of para-hydroxylation sites is 1. The predicted molar refractivity (Wildman–Crippen MR) is 186 cm³/mol. The van der Waals surface area contributed by atoms with Gasteiger partial charge in [-0.1, -0.05) is 84.9 Å². The lowest BCUT2D eigenvalue weighted by Gasteiger charge is -2.16. The average Bonchev–Trinajstić information content (AvgIpc) is 3.39. The van der Waals surface area contributed by atoms with Gasteiger partial charge in [-0.25, -0.2) is 4.98 Å². The van der Waals surface area contributed by atoms with Crippen LogP contribution in [0.1, 0.15) is 5.56 Å². The number of benzene rings is 4. The average molecular weight is 655 g/mol. The van der Waals surface area contributed by atoms with Crippen molar-refractivity contribution in [3.63, 3.8) is 0 Å². The maximum Gasteiger partial charge on any atom is 0.119 e. The topological polar surface area (TPSA) is 42.7 Å². The number of aromatic nitrogens is 3. The predicted octanol–water partition coefficient (Wildman–Crippen LogP) is 9.63. The molecule has 4 aromatic carbocycles. The second kappa shape index (κ2) is 10.9. The minimum Gasteiger partial charge on any atom is -0.367 e. The van der Waals surface area contributed by atoms with E-state index in [1.165, 1.54) is 27.2 Å². The van der Waals surface area contributed by atoms with E-state index in [9.17, 15) is 0 Å². The molecule has 7 aromatic rings. The van der Waals surface area contributed by atoms with Crippen LogP contribution < -0.4 is 5.32 Å². The summed E-state index contributed by atoms with van der Waals surface area (Å²) in [4.78, 5) is 9.72. The highest BCUT2D eigenvalue weighted by Crippen LogP contribution is 2.37. The Labute approximate surface area is 261 Å². The van der Waals surface area contributed by atoms with E-state index in [2.05, 4.69) is 130 Å². The van der Waals surface area contributed by atoms with Gasteiger partial charge in [-0.15, -0.1) is 24.0 Å². The Hall–Kier alpha value is -4.75. The fraction of sp³-hybridized carbons (Fsp3) is 0.0270. The summed E-state index contributed by atoms with van der Waals surface area (Å²) in [6.07, 6.45) is 6.23. The monoisotopic (exact) mass is 654 g/mol. The van der Waals surface area contributed by atoms with Gasteiger partial charge in [-0.05, 0) is 70.4 Å². The van der Waals surface area contributed by atoms with Crippen LogP contribution in [0.3, 0.4) is 0 Å². The number of halogens is 1. The third kappa shape index (κ3) is 4.56. The first-order valence-corrected chi connectivity index (χ1v) is 13.9. The highest BCUT2D eigenvalue weighted by atomic mass is 127. The molecule has 4 nitrogen and oxygen atoms in total. The van der Waals surface area contributed by atoms with Crippen molar-refractivity contribution < 1.29 is 0 Å². The molecule has 1 aliphatic heterocycles. The van der Waals surface area contributed by atoms with Crippen LogP contribution in [0.4, 0.5) is 5.82 Å². The summed E-state index contributed by atoms with van der Waals surface area (Å²) in [5.74, 6) is 1.13. The molecule has 0 radical (unpaired) electrons.